The lowest BCUT2D eigenvalue weighted by atomic mass is 9.43. The molecule has 4 aliphatic carbocycles. The molecule has 166 valence electrons. The second-order valence-corrected chi connectivity index (χ2v) is 11.4. The molecule has 0 aromatic carbocycles. The van der Waals surface area contributed by atoms with E-state index in [9.17, 15) is 20.1 Å². The minimum Gasteiger partial charge on any atom is -0.481 e. The lowest BCUT2D eigenvalue weighted by molar-refractivity contribution is -0.207. The maximum Gasteiger partial charge on any atom is 0.303 e. The van der Waals surface area contributed by atoms with E-state index in [0.717, 1.165) is 44.9 Å². The molecule has 0 bridgehead atoms. The van der Waals surface area contributed by atoms with Crippen LogP contribution in [0.4, 0.5) is 0 Å². The van der Waals surface area contributed by atoms with Crippen LogP contribution >= 0.6 is 0 Å². The number of fused-ring (bicyclic) bond motifs is 5. The zero-order valence-corrected chi connectivity index (χ0v) is 18.3. The van der Waals surface area contributed by atoms with Crippen LogP contribution in [-0.2, 0) is 4.79 Å². The largest absolute Gasteiger partial charge is 0.481 e. The molecular weight excluding hydrogens is 368 g/mol. The van der Waals surface area contributed by atoms with Crippen LogP contribution in [0.3, 0.4) is 0 Å². The summed E-state index contributed by atoms with van der Waals surface area (Å²) in [5.41, 5.74) is -0.143. The van der Waals surface area contributed by atoms with Gasteiger partial charge in [0.1, 0.15) is 0 Å². The highest BCUT2D eigenvalue weighted by atomic mass is 16.4. The van der Waals surface area contributed by atoms with E-state index in [1.54, 1.807) is 0 Å². The molecule has 0 spiro atoms. The molecule has 6 unspecified atom stereocenters. The third-order valence-electron chi connectivity index (χ3n) is 10.3. The molecule has 0 aromatic heterocycles. The van der Waals surface area contributed by atoms with Gasteiger partial charge in [0, 0.05) is 6.42 Å². The first-order valence-corrected chi connectivity index (χ1v) is 11.8. The van der Waals surface area contributed by atoms with E-state index < -0.39 is 12.1 Å². The molecule has 0 amide bonds. The van der Waals surface area contributed by atoms with E-state index in [1.165, 1.54) is 0 Å². The van der Waals surface area contributed by atoms with Gasteiger partial charge in [-0.2, -0.15) is 0 Å². The zero-order chi connectivity index (χ0) is 21.1. The second-order valence-electron chi connectivity index (χ2n) is 11.4. The summed E-state index contributed by atoms with van der Waals surface area (Å²) in [7, 11) is 0. The molecule has 29 heavy (non-hydrogen) atoms. The third-order valence-corrected chi connectivity index (χ3v) is 10.3. The fourth-order valence-electron chi connectivity index (χ4n) is 8.68. The summed E-state index contributed by atoms with van der Waals surface area (Å²) >= 11 is 0. The first kappa shape index (κ1) is 21.6. The second kappa shape index (κ2) is 7.49. The van der Waals surface area contributed by atoms with Crippen molar-refractivity contribution in [3.63, 3.8) is 0 Å². The van der Waals surface area contributed by atoms with Gasteiger partial charge in [0.25, 0.3) is 0 Å². The van der Waals surface area contributed by atoms with Gasteiger partial charge in [-0.05, 0) is 97.7 Å². The van der Waals surface area contributed by atoms with Crippen LogP contribution in [-0.4, -0.2) is 44.7 Å². The van der Waals surface area contributed by atoms with Gasteiger partial charge in [0.2, 0.25) is 0 Å². The summed E-state index contributed by atoms with van der Waals surface area (Å²) in [6.45, 7) is 6.72. The Morgan fingerprint density at radius 2 is 1.76 bits per heavy atom. The van der Waals surface area contributed by atoms with Gasteiger partial charge in [-0.3, -0.25) is 4.79 Å². The van der Waals surface area contributed by atoms with Crippen molar-refractivity contribution in [3.05, 3.63) is 0 Å². The Hall–Kier alpha value is -0.650. The van der Waals surface area contributed by atoms with Crippen molar-refractivity contribution in [3.8, 4) is 0 Å². The number of rotatable bonds is 4. The Kier molecular flexibility index (Phi) is 5.57. The number of hydrogen-bond acceptors (Lipinski definition) is 4. The van der Waals surface area contributed by atoms with Gasteiger partial charge in [0.05, 0.1) is 18.3 Å². The smallest absolute Gasteiger partial charge is 0.303 e. The fraction of sp³-hybridized carbons (Fsp3) is 0.958. The van der Waals surface area contributed by atoms with Crippen molar-refractivity contribution in [1.82, 2.24) is 0 Å². The number of carboxylic acid groups (broad SMARTS) is 1. The van der Waals surface area contributed by atoms with Gasteiger partial charge < -0.3 is 20.4 Å². The highest BCUT2D eigenvalue weighted by Gasteiger charge is 2.65. The molecule has 4 saturated carbocycles. The highest BCUT2D eigenvalue weighted by molar-refractivity contribution is 5.66. The summed E-state index contributed by atoms with van der Waals surface area (Å²) in [5, 5.41) is 42.0. The molecule has 4 fully saturated rings. The van der Waals surface area contributed by atoms with Gasteiger partial charge in [-0.25, -0.2) is 0 Å². The van der Waals surface area contributed by atoms with Crippen LogP contribution in [0.1, 0.15) is 78.6 Å². The van der Waals surface area contributed by atoms with E-state index in [-0.39, 0.29) is 41.3 Å². The Balaban J connectivity index is 1.61. The highest BCUT2D eigenvalue weighted by Crippen LogP contribution is 2.68. The fourth-order valence-corrected chi connectivity index (χ4v) is 8.68. The summed E-state index contributed by atoms with van der Waals surface area (Å²) in [6, 6.07) is 0. The van der Waals surface area contributed by atoms with Gasteiger partial charge in [-0.1, -0.05) is 20.8 Å². The average molecular weight is 409 g/mol. The molecule has 5 heteroatoms. The van der Waals surface area contributed by atoms with Crippen LogP contribution in [0.15, 0.2) is 0 Å². The number of carbonyl (C=O) groups is 1. The minimum atomic E-state index is -0.748. The maximum absolute atomic E-state index is 11.5. The van der Waals surface area contributed by atoms with Crippen molar-refractivity contribution >= 4 is 5.97 Å². The van der Waals surface area contributed by atoms with Crippen LogP contribution in [0, 0.1) is 46.3 Å². The number of aliphatic hydroxyl groups excluding tert-OH is 3. The summed E-state index contributed by atoms with van der Waals surface area (Å²) in [5.74, 6) is 0.997. The Labute approximate surface area is 174 Å². The molecule has 4 rings (SSSR count). The molecule has 4 N–H and O–H groups in total. The van der Waals surface area contributed by atoms with E-state index in [0.29, 0.717) is 30.1 Å². The van der Waals surface area contributed by atoms with Gasteiger partial charge >= 0.3 is 5.97 Å². The predicted molar refractivity (Wildman–Crippen MR) is 110 cm³/mol. The summed E-state index contributed by atoms with van der Waals surface area (Å²) < 4.78 is 0. The van der Waals surface area contributed by atoms with Crippen molar-refractivity contribution in [2.45, 2.75) is 96.9 Å². The van der Waals surface area contributed by atoms with Crippen LogP contribution < -0.4 is 0 Å². The van der Waals surface area contributed by atoms with E-state index in [4.69, 9.17) is 5.11 Å². The molecule has 0 radical (unpaired) electrons. The lowest BCUT2D eigenvalue weighted by Gasteiger charge is -2.63. The van der Waals surface area contributed by atoms with E-state index in [1.807, 2.05) is 0 Å². The molecule has 0 saturated heterocycles. The third kappa shape index (κ3) is 3.27. The Morgan fingerprint density at radius 3 is 2.45 bits per heavy atom. The number of aliphatic hydroxyl groups is 3. The predicted octanol–water partition coefficient (Wildman–Crippen LogP) is 3.45. The van der Waals surface area contributed by atoms with Crippen molar-refractivity contribution in [1.29, 1.82) is 0 Å². The summed E-state index contributed by atoms with van der Waals surface area (Å²) in [4.78, 5) is 11.1. The average Bonchev–Trinajstić information content (AvgIpc) is 3.01. The maximum atomic E-state index is 11.5. The van der Waals surface area contributed by atoms with Crippen LogP contribution in [0.2, 0.25) is 0 Å². The molecule has 0 heterocycles. The van der Waals surface area contributed by atoms with Gasteiger partial charge in [0.15, 0.2) is 0 Å². The van der Waals surface area contributed by atoms with E-state index >= 15 is 0 Å². The summed E-state index contributed by atoms with van der Waals surface area (Å²) in [6.07, 6.45) is 6.00. The first-order valence-electron chi connectivity index (χ1n) is 11.8. The van der Waals surface area contributed by atoms with Gasteiger partial charge in [-0.15, -0.1) is 0 Å². The molecular formula is C24H40O5. The molecule has 0 aromatic rings. The van der Waals surface area contributed by atoms with E-state index in [2.05, 4.69) is 20.8 Å². The lowest BCUT2D eigenvalue weighted by Crippen LogP contribution is -2.62. The standard InChI is InChI=1S/C24H40O5/c1-13(4-7-21(28)29)16-5-6-17-22-18(12-20(27)24(16,17)3)23(2)9-8-15(25)10-14(23)11-19(22)26/h13-20,22,25-27H,4-12H2,1-3H3,(H,28,29)/t13?,14-,15+,16?,17-,18?,19-,20?,22+,23?,24?/m0/s1. The van der Waals surface area contributed by atoms with Crippen molar-refractivity contribution < 1.29 is 25.2 Å². The SMILES string of the molecule is CC(CCC(=O)O)C1CC[C@H]2[C@@H]3C(CC(O)C12C)C1(C)CC[C@@H](O)C[C@H]1C[C@@H]3O. The molecule has 4 aliphatic rings. The normalized spacial score (nSPS) is 52.9. The van der Waals surface area contributed by atoms with Crippen molar-refractivity contribution in [2.75, 3.05) is 0 Å². The Morgan fingerprint density at radius 1 is 1.03 bits per heavy atom. The number of hydrogen-bond donors (Lipinski definition) is 4. The van der Waals surface area contributed by atoms with Crippen LogP contribution in [0.25, 0.3) is 0 Å². The molecule has 0 aliphatic heterocycles. The zero-order valence-electron chi connectivity index (χ0n) is 18.3. The van der Waals surface area contributed by atoms with Crippen LogP contribution in [0.5, 0.6) is 0 Å². The van der Waals surface area contributed by atoms with Crippen molar-refractivity contribution in [2.24, 2.45) is 46.3 Å². The number of aliphatic carboxylic acids is 1. The quantitative estimate of drug-likeness (QED) is 0.571. The number of carboxylic acids is 1. The molecule has 5 nitrogen and oxygen atoms in total. The molecule has 11 atom stereocenters. The topological polar surface area (TPSA) is 98.0 Å². The Bertz CT molecular complexity index is 637. The monoisotopic (exact) mass is 408 g/mol. The minimum absolute atomic E-state index is 0.0957. The first-order chi connectivity index (χ1) is 13.6.